The number of rotatable bonds is 3. The van der Waals surface area contributed by atoms with Crippen molar-refractivity contribution in [2.24, 2.45) is 0 Å². The van der Waals surface area contributed by atoms with E-state index in [4.69, 9.17) is 22.1 Å². The second-order valence-corrected chi connectivity index (χ2v) is 4.27. The highest BCUT2D eigenvalue weighted by Crippen LogP contribution is 2.25. The molecular formula is C12H13ClN4O. The summed E-state index contributed by atoms with van der Waals surface area (Å²) in [5.41, 5.74) is 6.52. The van der Waals surface area contributed by atoms with E-state index in [1.807, 2.05) is 43.3 Å². The molecule has 5 nitrogen and oxygen atoms in total. The lowest BCUT2D eigenvalue weighted by Gasteiger charge is -2.13. The molecule has 2 rings (SSSR count). The summed E-state index contributed by atoms with van der Waals surface area (Å²) in [4.78, 5) is 9.70. The normalized spacial score (nSPS) is 10.2. The molecule has 0 atom stereocenters. The van der Waals surface area contributed by atoms with Crippen molar-refractivity contribution in [2.45, 2.75) is 0 Å². The molecule has 0 unspecified atom stereocenters. The maximum absolute atomic E-state index is 5.78. The zero-order valence-corrected chi connectivity index (χ0v) is 10.8. The fraction of sp³-hybridized carbons (Fsp3) is 0.167. The second-order valence-electron chi connectivity index (χ2n) is 3.88. The first-order valence-electron chi connectivity index (χ1n) is 5.30. The number of nitrogens with two attached hydrogens (primary N) is 1. The molecule has 0 saturated heterocycles. The van der Waals surface area contributed by atoms with Gasteiger partial charge in [0, 0.05) is 31.9 Å². The largest absolute Gasteiger partial charge is 0.439 e. The van der Waals surface area contributed by atoms with Crippen LogP contribution in [0.4, 0.5) is 11.6 Å². The highest BCUT2D eigenvalue weighted by Gasteiger charge is 2.04. The Bertz CT molecular complexity index is 539. The van der Waals surface area contributed by atoms with Crippen LogP contribution in [0, 0.1) is 0 Å². The molecule has 18 heavy (non-hydrogen) atoms. The van der Waals surface area contributed by atoms with Gasteiger partial charge >= 0.3 is 0 Å². The van der Waals surface area contributed by atoms with E-state index in [-0.39, 0.29) is 11.1 Å². The summed E-state index contributed by atoms with van der Waals surface area (Å²) >= 11 is 5.78. The smallest absolute Gasteiger partial charge is 0.225 e. The molecule has 0 aliphatic rings. The third-order valence-electron chi connectivity index (χ3n) is 2.25. The summed E-state index contributed by atoms with van der Waals surface area (Å²) < 4.78 is 5.59. The number of nitrogens with zero attached hydrogens (tertiary/aromatic N) is 3. The molecule has 2 aromatic rings. The van der Waals surface area contributed by atoms with Gasteiger partial charge in [0.15, 0.2) is 0 Å². The van der Waals surface area contributed by atoms with Gasteiger partial charge in [-0.05, 0) is 12.1 Å². The van der Waals surface area contributed by atoms with Crippen molar-refractivity contribution >= 4 is 23.2 Å². The van der Waals surface area contributed by atoms with Gasteiger partial charge in [0.25, 0.3) is 0 Å². The molecule has 0 bridgehead atoms. The lowest BCUT2D eigenvalue weighted by atomic mass is 10.3. The maximum atomic E-state index is 5.78. The predicted molar refractivity (Wildman–Crippen MR) is 72.3 cm³/mol. The van der Waals surface area contributed by atoms with Crippen LogP contribution in [-0.4, -0.2) is 24.1 Å². The van der Waals surface area contributed by atoms with E-state index < -0.39 is 0 Å². The molecule has 1 heterocycles. The van der Waals surface area contributed by atoms with E-state index in [1.54, 1.807) is 0 Å². The van der Waals surface area contributed by atoms with Crippen molar-refractivity contribution in [2.75, 3.05) is 24.7 Å². The van der Waals surface area contributed by atoms with E-state index in [9.17, 15) is 0 Å². The third kappa shape index (κ3) is 3.01. The average Bonchev–Trinajstić information content (AvgIpc) is 2.27. The molecule has 0 spiro atoms. The second kappa shape index (κ2) is 5.10. The third-order valence-corrected chi connectivity index (χ3v) is 2.44. The quantitative estimate of drug-likeness (QED) is 0.863. The fourth-order valence-corrected chi connectivity index (χ4v) is 1.59. The Morgan fingerprint density at radius 3 is 2.67 bits per heavy atom. The van der Waals surface area contributed by atoms with Crippen molar-refractivity contribution in [1.29, 1.82) is 0 Å². The van der Waals surface area contributed by atoms with Crippen molar-refractivity contribution in [3.8, 4) is 11.6 Å². The predicted octanol–water partition coefficient (Wildman–Crippen LogP) is 2.57. The molecule has 1 aromatic heterocycles. The van der Waals surface area contributed by atoms with Crippen LogP contribution in [0.3, 0.4) is 0 Å². The molecule has 0 aliphatic heterocycles. The van der Waals surface area contributed by atoms with Crippen LogP contribution in [-0.2, 0) is 0 Å². The number of hydrogen-bond donors (Lipinski definition) is 1. The molecule has 94 valence electrons. The first kappa shape index (κ1) is 12.4. The summed E-state index contributed by atoms with van der Waals surface area (Å²) in [7, 11) is 3.91. The van der Waals surface area contributed by atoms with Gasteiger partial charge in [-0.3, -0.25) is 0 Å². The van der Waals surface area contributed by atoms with E-state index in [2.05, 4.69) is 9.97 Å². The number of hydrogen-bond acceptors (Lipinski definition) is 5. The summed E-state index contributed by atoms with van der Waals surface area (Å²) in [6, 6.07) is 9.12. The van der Waals surface area contributed by atoms with Crippen LogP contribution in [0.25, 0.3) is 0 Å². The van der Waals surface area contributed by atoms with Crippen LogP contribution in [0.1, 0.15) is 0 Å². The molecule has 0 aliphatic carbocycles. The Balaban J connectivity index is 2.25. The zero-order chi connectivity index (χ0) is 13.1. The molecule has 1 aromatic carbocycles. The van der Waals surface area contributed by atoms with Gasteiger partial charge in [0.05, 0.1) is 0 Å². The lowest BCUT2D eigenvalue weighted by Crippen LogP contribution is -2.08. The van der Waals surface area contributed by atoms with Crippen LogP contribution in [0.15, 0.2) is 30.3 Å². The molecular weight excluding hydrogens is 252 g/mol. The Morgan fingerprint density at radius 2 is 2.00 bits per heavy atom. The minimum atomic E-state index is 0.0845. The molecule has 0 fully saturated rings. The SMILES string of the molecule is CN(C)c1cccc(Oc2cc(Cl)nc(N)n2)c1. The van der Waals surface area contributed by atoms with Crippen molar-refractivity contribution in [3.05, 3.63) is 35.5 Å². The number of benzene rings is 1. The van der Waals surface area contributed by atoms with E-state index >= 15 is 0 Å². The zero-order valence-electron chi connectivity index (χ0n) is 10.1. The molecule has 2 N–H and O–H groups in total. The van der Waals surface area contributed by atoms with Crippen LogP contribution < -0.4 is 15.4 Å². The van der Waals surface area contributed by atoms with Crippen molar-refractivity contribution in [3.63, 3.8) is 0 Å². The lowest BCUT2D eigenvalue weighted by molar-refractivity contribution is 0.462. The monoisotopic (exact) mass is 264 g/mol. The highest BCUT2D eigenvalue weighted by molar-refractivity contribution is 6.29. The highest BCUT2D eigenvalue weighted by atomic mass is 35.5. The number of nitrogen functional groups attached to an aromatic ring is 1. The summed E-state index contributed by atoms with van der Waals surface area (Å²) in [6.45, 7) is 0. The van der Waals surface area contributed by atoms with Gasteiger partial charge < -0.3 is 15.4 Å². The van der Waals surface area contributed by atoms with Crippen LogP contribution >= 0.6 is 11.6 Å². The van der Waals surface area contributed by atoms with Gasteiger partial charge in [0.2, 0.25) is 11.8 Å². The van der Waals surface area contributed by atoms with Crippen molar-refractivity contribution in [1.82, 2.24) is 9.97 Å². The molecule has 0 amide bonds. The molecule has 6 heteroatoms. The minimum Gasteiger partial charge on any atom is -0.439 e. The summed E-state index contributed by atoms with van der Waals surface area (Å²) in [6.07, 6.45) is 0. The van der Waals surface area contributed by atoms with Gasteiger partial charge in [-0.1, -0.05) is 17.7 Å². The molecule has 0 radical (unpaired) electrons. The minimum absolute atomic E-state index is 0.0845. The van der Waals surface area contributed by atoms with Crippen molar-refractivity contribution < 1.29 is 4.74 Å². The van der Waals surface area contributed by atoms with Gasteiger partial charge in [0.1, 0.15) is 10.9 Å². The Labute approximate surface area is 110 Å². The first-order valence-corrected chi connectivity index (χ1v) is 5.68. The number of anilines is 2. The van der Waals surface area contributed by atoms with Crippen LogP contribution in [0.5, 0.6) is 11.6 Å². The van der Waals surface area contributed by atoms with Gasteiger partial charge in [-0.25, -0.2) is 4.98 Å². The number of ether oxygens (including phenoxy) is 1. The Kier molecular flexibility index (Phi) is 3.53. The Morgan fingerprint density at radius 1 is 1.22 bits per heavy atom. The fourth-order valence-electron chi connectivity index (χ4n) is 1.41. The molecule has 0 saturated carbocycles. The van der Waals surface area contributed by atoms with E-state index in [0.717, 1.165) is 5.69 Å². The van der Waals surface area contributed by atoms with Gasteiger partial charge in [-0.15, -0.1) is 0 Å². The maximum Gasteiger partial charge on any atom is 0.225 e. The first-order chi connectivity index (χ1) is 8.54. The topological polar surface area (TPSA) is 64.3 Å². The van der Waals surface area contributed by atoms with Gasteiger partial charge in [-0.2, -0.15) is 4.98 Å². The standard InChI is InChI=1S/C12H13ClN4O/c1-17(2)8-4-3-5-9(6-8)18-11-7-10(13)15-12(14)16-11/h3-7H,1-2H3,(H2,14,15,16). The number of halogens is 1. The van der Waals surface area contributed by atoms with E-state index in [1.165, 1.54) is 6.07 Å². The van der Waals surface area contributed by atoms with E-state index in [0.29, 0.717) is 11.6 Å². The van der Waals surface area contributed by atoms with Crippen LogP contribution in [0.2, 0.25) is 5.15 Å². The summed E-state index contributed by atoms with van der Waals surface area (Å²) in [5.74, 6) is 1.07. The average molecular weight is 265 g/mol. The summed E-state index contributed by atoms with van der Waals surface area (Å²) in [5, 5.41) is 0.251. The number of aromatic nitrogens is 2. The Hall–Kier alpha value is -2.01.